The quantitative estimate of drug-likeness (QED) is 0.627. The van der Waals surface area contributed by atoms with Gasteiger partial charge in [-0.15, -0.1) is 0 Å². The van der Waals surface area contributed by atoms with Crippen LogP contribution in [0.1, 0.15) is 25.3 Å². The molecule has 3 rings (SSSR count). The number of ether oxygens (including phenoxy) is 2. The minimum atomic E-state index is -1.09. The van der Waals surface area contributed by atoms with Crippen molar-refractivity contribution in [1.29, 1.82) is 0 Å². The number of carbonyl (C=O) groups is 2. The summed E-state index contributed by atoms with van der Waals surface area (Å²) >= 11 is 0. The highest BCUT2D eigenvalue weighted by Gasteiger charge is 2.51. The third-order valence-corrected chi connectivity index (χ3v) is 4.17. The summed E-state index contributed by atoms with van der Waals surface area (Å²) in [7, 11) is 0. The molecule has 0 aliphatic carbocycles. The van der Waals surface area contributed by atoms with Gasteiger partial charge in [-0.25, -0.2) is 4.39 Å². The number of fused-ring (bicyclic) bond motifs is 1. The van der Waals surface area contributed by atoms with Gasteiger partial charge in [-0.05, 0) is 25.1 Å². The van der Waals surface area contributed by atoms with Gasteiger partial charge in [0.05, 0.1) is 6.61 Å². The minimum absolute atomic E-state index is 0.189. The van der Waals surface area contributed by atoms with Crippen LogP contribution in [0.4, 0.5) is 4.39 Å². The molecule has 1 aromatic carbocycles. The zero-order chi connectivity index (χ0) is 14.3. The fourth-order valence-electron chi connectivity index (χ4n) is 3.00. The number of hydrogen-bond acceptors (Lipinski definition) is 4. The van der Waals surface area contributed by atoms with Gasteiger partial charge in [-0.3, -0.25) is 9.59 Å². The second-order valence-electron chi connectivity index (χ2n) is 5.42. The first-order valence-corrected chi connectivity index (χ1v) is 6.65. The summed E-state index contributed by atoms with van der Waals surface area (Å²) in [6.07, 6.45) is 0.903. The van der Waals surface area contributed by atoms with Gasteiger partial charge in [-0.1, -0.05) is 0 Å². The lowest BCUT2D eigenvalue weighted by Crippen LogP contribution is -2.38. The third kappa shape index (κ3) is 1.97. The molecular weight excluding hydrogens is 263 g/mol. The molecule has 2 aliphatic rings. The van der Waals surface area contributed by atoms with Gasteiger partial charge in [0.2, 0.25) is 0 Å². The van der Waals surface area contributed by atoms with Crippen LogP contribution in [-0.4, -0.2) is 24.5 Å². The molecule has 0 spiro atoms. The number of benzene rings is 1. The van der Waals surface area contributed by atoms with Crippen LogP contribution in [0.25, 0.3) is 0 Å². The number of Topliss-reactive ketones (excluding diaryl/α,β-unsaturated/α-hetero) is 1. The topological polar surface area (TPSA) is 52.6 Å². The number of esters is 1. The molecule has 0 radical (unpaired) electrons. The lowest BCUT2D eigenvalue weighted by molar-refractivity contribution is -0.152. The van der Waals surface area contributed by atoms with E-state index in [1.54, 1.807) is 6.07 Å². The minimum Gasteiger partial charge on any atom is -0.490 e. The summed E-state index contributed by atoms with van der Waals surface area (Å²) in [6.45, 7) is 1.68. The summed E-state index contributed by atoms with van der Waals surface area (Å²) < 4.78 is 23.9. The summed E-state index contributed by atoms with van der Waals surface area (Å²) in [5, 5.41) is 0. The fourth-order valence-corrected chi connectivity index (χ4v) is 3.00. The Morgan fingerprint density at radius 3 is 2.95 bits per heavy atom. The number of ketones is 1. The largest absolute Gasteiger partial charge is 0.490 e. The first-order valence-electron chi connectivity index (χ1n) is 6.65. The highest BCUT2D eigenvalue weighted by atomic mass is 19.1. The van der Waals surface area contributed by atoms with Crippen molar-refractivity contribution in [3.05, 3.63) is 29.6 Å². The predicted octanol–water partition coefficient (Wildman–Crippen LogP) is 2.04. The second kappa shape index (κ2) is 4.58. The summed E-state index contributed by atoms with van der Waals surface area (Å²) in [6, 6.07) is 4.35. The molecule has 5 heteroatoms. The van der Waals surface area contributed by atoms with Gasteiger partial charge in [-0.2, -0.15) is 0 Å². The van der Waals surface area contributed by atoms with Crippen LogP contribution >= 0.6 is 0 Å². The van der Waals surface area contributed by atoms with Crippen molar-refractivity contribution in [2.24, 2.45) is 5.41 Å². The Labute approximate surface area is 115 Å². The molecule has 0 N–H and O–H groups in total. The summed E-state index contributed by atoms with van der Waals surface area (Å²) in [4.78, 5) is 23.8. The van der Waals surface area contributed by atoms with E-state index in [2.05, 4.69) is 0 Å². The molecule has 2 atom stereocenters. The van der Waals surface area contributed by atoms with E-state index in [-0.39, 0.29) is 30.7 Å². The molecule has 0 amide bonds. The van der Waals surface area contributed by atoms with Crippen molar-refractivity contribution < 1.29 is 23.5 Å². The van der Waals surface area contributed by atoms with Gasteiger partial charge in [0.1, 0.15) is 28.9 Å². The van der Waals surface area contributed by atoms with Crippen LogP contribution in [0.2, 0.25) is 0 Å². The Hall–Kier alpha value is -1.91. The van der Waals surface area contributed by atoms with E-state index < -0.39 is 11.4 Å². The van der Waals surface area contributed by atoms with Crippen LogP contribution in [0.15, 0.2) is 18.2 Å². The van der Waals surface area contributed by atoms with E-state index in [4.69, 9.17) is 9.47 Å². The van der Waals surface area contributed by atoms with Crippen LogP contribution in [0.3, 0.4) is 0 Å². The molecule has 0 saturated carbocycles. The maximum atomic E-state index is 13.2. The standard InChI is InChI=1S/C15H15FO4/c1-9(17)15(4-5-19-14(15)18)8-12-7-10-6-11(16)2-3-13(10)20-12/h2-3,6,12H,4-5,7-8H2,1H3. The van der Waals surface area contributed by atoms with Gasteiger partial charge < -0.3 is 9.47 Å². The molecule has 0 aromatic heterocycles. The Bertz CT molecular complexity index is 583. The maximum absolute atomic E-state index is 13.2. The molecule has 2 unspecified atom stereocenters. The van der Waals surface area contributed by atoms with E-state index in [0.717, 1.165) is 5.56 Å². The lowest BCUT2D eigenvalue weighted by atomic mass is 9.77. The lowest BCUT2D eigenvalue weighted by Gasteiger charge is -2.24. The van der Waals surface area contributed by atoms with E-state index >= 15 is 0 Å². The maximum Gasteiger partial charge on any atom is 0.319 e. The van der Waals surface area contributed by atoms with Crippen molar-refractivity contribution in [2.75, 3.05) is 6.61 Å². The summed E-state index contributed by atoms with van der Waals surface area (Å²) in [5.74, 6) is -0.336. The molecule has 1 fully saturated rings. The van der Waals surface area contributed by atoms with Crippen molar-refractivity contribution in [3.63, 3.8) is 0 Å². The first-order chi connectivity index (χ1) is 9.51. The Balaban J connectivity index is 1.80. The van der Waals surface area contributed by atoms with Crippen molar-refractivity contribution >= 4 is 11.8 Å². The van der Waals surface area contributed by atoms with E-state index in [1.807, 2.05) is 0 Å². The molecule has 2 heterocycles. The Morgan fingerprint density at radius 2 is 2.30 bits per heavy atom. The molecule has 1 aromatic rings. The summed E-state index contributed by atoms with van der Waals surface area (Å²) in [5.41, 5.74) is -0.314. The van der Waals surface area contributed by atoms with E-state index in [0.29, 0.717) is 18.6 Å². The zero-order valence-electron chi connectivity index (χ0n) is 11.1. The Kier molecular flexibility index (Phi) is 3.00. The predicted molar refractivity (Wildman–Crippen MR) is 67.8 cm³/mol. The number of hydrogen-bond donors (Lipinski definition) is 0. The van der Waals surface area contributed by atoms with Gasteiger partial charge in [0, 0.05) is 24.8 Å². The molecular formula is C15H15FO4. The van der Waals surface area contributed by atoms with E-state index in [1.165, 1.54) is 19.1 Å². The smallest absolute Gasteiger partial charge is 0.319 e. The van der Waals surface area contributed by atoms with Crippen LogP contribution in [0.5, 0.6) is 5.75 Å². The molecule has 20 heavy (non-hydrogen) atoms. The molecule has 1 saturated heterocycles. The van der Waals surface area contributed by atoms with Crippen LogP contribution < -0.4 is 4.74 Å². The van der Waals surface area contributed by atoms with Crippen molar-refractivity contribution in [1.82, 2.24) is 0 Å². The van der Waals surface area contributed by atoms with Crippen molar-refractivity contribution in [2.45, 2.75) is 32.3 Å². The Morgan fingerprint density at radius 1 is 1.50 bits per heavy atom. The zero-order valence-corrected chi connectivity index (χ0v) is 11.1. The monoisotopic (exact) mass is 278 g/mol. The van der Waals surface area contributed by atoms with Gasteiger partial charge in [0.15, 0.2) is 0 Å². The fraction of sp³-hybridized carbons (Fsp3) is 0.467. The number of halogens is 1. The number of carbonyl (C=O) groups excluding carboxylic acids is 2. The van der Waals surface area contributed by atoms with Crippen molar-refractivity contribution in [3.8, 4) is 5.75 Å². The average Bonchev–Trinajstić information content (AvgIpc) is 2.94. The second-order valence-corrected chi connectivity index (χ2v) is 5.42. The molecule has 106 valence electrons. The van der Waals surface area contributed by atoms with Crippen LogP contribution in [-0.2, 0) is 20.7 Å². The molecule has 0 bridgehead atoms. The highest BCUT2D eigenvalue weighted by Crippen LogP contribution is 2.40. The normalized spacial score (nSPS) is 27.9. The highest BCUT2D eigenvalue weighted by molar-refractivity contribution is 6.03. The van der Waals surface area contributed by atoms with Crippen LogP contribution in [0, 0.1) is 11.2 Å². The van der Waals surface area contributed by atoms with Gasteiger partial charge >= 0.3 is 5.97 Å². The molecule has 2 aliphatic heterocycles. The van der Waals surface area contributed by atoms with Gasteiger partial charge in [0.25, 0.3) is 0 Å². The molecule has 4 nitrogen and oxygen atoms in total. The van der Waals surface area contributed by atoms with E-state index in [9.17, 15) is 14.0 Å². The first kappa shape index (κ1) is 13.1. The third-order valence-electron chi connectivity index (χ3n) is 4.17. The number of cyclic esters (lactones) is 1. The SMILES string of the molecule is CC(=O)C1(CC2Cc3cc(F)ccc3O2)CCOC1=O. The average molecular weight is 278 g/mol. The number of rotatable bonds is 3.